The lowest BCUT2D eigenvalue weighted by Gasteiger charge is -2.07. The molecule has 1 N–H and O–H groups in total. The van der Waals surface area contributed by atoms with E-state index in [-0.39, 0.29) is 12.4 Å². The van der Waals surface area contributed by atoms with Crippen LogP contribution in [0.3, 0.4) is 0 Å². The second-order valence-corrected chi connectivity index (χ2v) is 4.80. The van der Waals surface area contributed by atoms with Gasteiger partial charge in [0.25, 0.3) is 0 Å². The largest absolute Gasteiger partial charge is 0.466 e. The first kappa shape index (κ1) is 15.8. The van der Waals surface area contributed by atoms with Crippen LogP contribution in [0.4, 0.5) is 0 Å². The lowest BCUT2D eigenvalue weighted by molar-refractivity contribution is -0.142. The molecule has 0 aromatic heterocycles. The van der Waals surface area contributed by atoms with E-state index in [1.807, 2.05) is 54.6 Å². The summed E-state index contributed by atoms with van der Waals surface area (Å²) in [4.78, 5) is 11.4. The van der Waals surface area contributed by atoms with Crippen molar-refractivity contribution >= 4 is 11.7 Å². The molecule has 2 rings (SSSR count). The van der Waals surface area contributed by atoms with Crippen molar-refractivity contribution in [2.45, 2.75) is 19.8 Å². The van der Waals surface area contributed by atoms with Gasteiger partial charge in [-0.3, -0.25) is 4.79 Å². The molecule has 0 aliphatic heterocycles. The average Bonchev–Trinajstić information content (AvgIpc) is 2.57. The zero-order chi connectivity index (χ0) is 15.8. The average molecular weight is 297 g/mol. The van der Waals surface area contributed by atoms with Crippen LogP contribution in [-0.2, 0) is 9.53 Å². The maximum absolute atomic E-state index is 11.4. The van der Waals surface area contributed by atoms with E-state index in [9.17, 15) is 4.79 Å². The number of hydrogen-bond donors (Lipinski definition) is 1. The van der Waals surface area contributed by atoms with Crippen LogP contribution in [-0.4, -0.2) is 23.5 Å². The molecular formula is C18H19NO3. The monoisotopic (exact) mass is 297 g/mol. The van der Waals surface area contributed by atoms with Crippen LogP contribution in [0.2, 0.25) is 0 Å². The van der Waals surface area contributed by atoms with Crippen LogP contribution >= 0.6 is 0 Å². The number of carbonyl (C=O) groups is 1. The molecule has 0 radical (unpaired) electrons. The third-order valence-electron chi connectivity index (χ3n) is 3.32. The first-order valence-corrected chi connectivity index (χ1v) is 7.27. The second kappa shape index (κ2) is 7.98. The highest BCUT2D eigenvalue weighted by atomic mass is 16.5. The zero-order valence-electron chi connectivity index (χ0n) is 12.5. The fourth-order valence-corrected chi connectivity index (χ4v) is 2.19. The summed E-state index contributed by atoms with van der Waals surface area (Å²) in [5, 5.41) is 12.4. The molecule has 0 atom stereocenters. The van der Waals surface area contributed by atoms with Gasteiger partial charge in [-0.2, -0.15) is 0 Å². The van der Waals surface area contributed by atoms with Gasteiger partial charge >= 0.3 is 5.97 Å². The Balaban J connectivity index is 2.06. The summed E-state index contributed by atoms with van der Waals surface area (Å²) in [6, 6.07) is 17.8. The van der Waals surface area contributed by atoms with Crippen LogP contribution in [0, 0.1) is 0 Å². The zero-order valence-corrected chi connectivity index (χ0v) is 12.5. The summed E-state index contributed by atoms with van der Waals surface area (Å²) in [7, 11) is 0. The Kier molecular flexibility index (Phi) is 5.72. The van der Waals surface area contributed by atoms with Crippen LogP contribution in [0.5, 0.6) is 0 Å². The van der Waals surface area contributed by atoms with Crippen molar-refractivity contribution in [1.29, 1.82) is 0 Å². The SMILES string of the molecule is CCOC(=O)CCC(=NO)c1ccc(-c2ccccc2)cc1. The van der Waals surface area contributed by atoms with Gasteiger partial charge in [0.1, 0.15) is 0 Å². The molecule has 0 spiro atoms. The van der Waals surface area contributed by atoms with Crippen LogP contribution < -0.4 is 0 Å². The van der Waals surface area contributed by atoms with Crippen LogP contribution in [0.15, 0.2) is 59.8 Å². The van der Waals surface area contributed by atoms with E-state index in [0.717, 1.165) is 16.7 Å². The maximum Gasteiger partial charge on any atom is 0.306 e. The second-order valence-electron chi connectivity index (χ2n) is 4.80. The Morgan fingerprint density at radius 1 is 1.00 bits per heavy atom. The topological polar surface area (TPSA) is 58.9 Å². The van der Waals surface area contributed by atoms with Crippen molar-refractivity contribution in [3.63, 3.8) is 0 Å². The van der Waals surface area contributed by atoms with E-state index >= 15 is 0 Å². The highest BCUT2D eigenvalue weighted by Crippen LogP contribution is 2.20. The van der Waals surface area contributed by atoms with Crippen molar-refractivity contribution in [2.75, 3.05) is 6.61 Å². The molecule has 0 aliphatic rings. The summed E-state index contributed by atoms with van der Waals surface area (Å²) < 4.78 is 4.87. The minimum Gasteiger partial charge on any atom is -0.466 e. The number of rotatable bonds is 6. The normalized spacial score (nSPS) is 11.2. The van der Waals surface area contributed by atoms with Gasteiger partial charge in [0.2, 0.25) is 0 Å². The third-order valence-corrected chi connectivity index (χ3v) is 3.32. The number of carbonyl (C=O) groups excluding carboxylic acids is 1. The van der Waals surface area contributed by atoms with Gasteiger partial charge in [0, 0.05) is 6.42 Å². The Labute approximate surface area is 130 Å². The molecule has 0 unspecified atom stereocenters. The van der Waals surface area contributed by atoms with E-state index in [2.05, 4.69) is 5.16 Å². The van der Waals surface area contributed by atoms with Gasteiger partial charge < -0.3 is 9.94 Å². The molecular weight excluding hydrogens is 278 g/mol. The first-order chi connectivity index (χ1) is 10.7. The molecule has 114 valence electrons. The predicted molar refractivity (Wildman–Crippen MR) is 86.1 cm³/mol. The number of nitrogens with zero attached hydrogens (tertiary/aromatic N) is 1. The number of esters is 1. The molecule has 0 heterocycles. The number of ether oxygens (including phenoxy) is 1. The molecule has 0 saturated carbocycles. The van der Waals surface area contributed by atoms with E-state index in [0.29, 0.717) is 18.7 Å². The molecule has 2 aromatic carbocycles. The minimum atomic E-state index is -0.287. The van der Waals surface area contributed by atoms with Crippen molar-refractivity contribution in [1.82, 2.24) is 0 Å². The Morgan fingerprint density at radius 3 is 2.23 bits per heavy atom. The molecule has 0 bridgehead atoms. The number of oxime groups is 1. The summed E-state index contributed by atoms with van der Waals surface area (Å²) >= 11 is 0. The molecule has 0 aliphatic carbocycles. The molecule has 0 fully saturated rings. The quantitative estimate of drug-likeness (QED) is 0.381. The summed E-state index contributed by atoms with van der Waals surface area (Å²) in [5.74, 6) is -0.287. The maximum atomic E-state index is 11.4. The Hall–Kier alpha value is -2.62. The summed E-state index contributed by atoms with van der Waals surface area (Å²) in [6.45, 7) is 2.12. The minimum absolute atomic E-state index is 0.202. The van der Waals surface area contributed by atoms with Crippen molar-refractivity contribution in [3.8, 4) is 11.1 Å². The van der Waals surface area contributed by atoms with Gasteiger partial charge in [-0.25, -0.2) is 0 Å². The Bertz CT molecular complexity index is 633. The molecule has 22 heavy (non-hydrogen) atoms. The van der Waals surface area contributed by atoms with Gasteiger partial charge in [-0.15, -0.1) is 0 Å². The van der Waals surface area contributed by atoms with Crippen molar-refractivity contribution in [3.05, 3.63) is 60.2 Å². The molecule has 4 nitrogen and oxygen atoms in total. The first-order valence-electron chi connectivity index (χ1n) is 7.27. The molecule has 0 saturated heterocycles. The van der Waals surface area contributed by atoms with E-state index in [1.165, 1.54) is 0 Å². The predicted octanol–water partition coefficient (Wildman–Crippen LogP) is 3.88. The van der Waals surface area contributed by atoms with Crippen molar-refractivity contribution < 1.29 is 14.7 Å². The van der Waals surface area contributed by atoms with E-state index in [1.54, 1.807) is 6.92 Å². The van der Waals surface area contributed by atoms with Crippen LogP contribution in [0.1, 0.15) is 25.3 Å². The third kappa shape index (κ3) is 4.19. The lowest BCUT2D eigenvalue weighted by Crippen LogP contribution is -2.08. The van der Waals surface area contributed by atoms with Gasteiger partial charge in [0.15, 0.2) is 0 Å². The Morgan fingerprint density at radius 2 is 1.64 bits per heavy atom. The van der Waals surface area contributed by atoms with Crippen LogP contribution in [0.25, 0.3) is 11.1 Å². The van der Waals surface area contributed by atoms with Gasteiger partial charge in [0.05, 0.1) is 18.7 Å². The highest BCUT2D eigenvalue weighted by Gasteiger charge is 2.09. The summed E-state index contributed by atoms with van der Waals surface area (Å²) in [6.07, 6.45) is 0.549. The fraction of sp³-hybridized carbons (Fsp3) is 0.222. The smallest absolute Gasteiger partial charge is 0.306 e. The standard InChI is InChI=1S/C18H19NO3/c1-2-22-18(20)13-12-17(19-21)16-10-8-15(9-11-16)14-6-4-3-5-7-14/h3-11,21H,2,12-13H2,1H3. The molecule has 2 aromatic rings. The fourth-order valence-electron chi connectivity index (χ4n) is 2.19. The van der Waals surface area contributed by atoms with Gasteiger partial charge in [-0.05, 0) is 23.6 Å². The summed E-state index contributed by atoms with van der Waals surface area (Å²) in [5.41, 5.74) is 3.49. The number of hydrogen-bond acceptors (Lipinski definition) is 4. The van der Waals surface area contributed by atoms with E-state index < -0.39 is 0 Å². The lowest BCUT2D eigenvalue weighted by atomic mass is 10.0. The molecule has 0 amide bonds. The van der Waals surface area contributed by atoms with Gasteiger partial charge in [-0.1, -0.05) is 59.8 Å². The highest BCUT2D eigenvalue weighted by molar-refractivity contribution is 6.01. The molecule has 4 heteroatoms. The van der Waals surface area contributed by atoms with E-state index in [4.69, 9.17) is 9.94 Å². The number of benzene rings is 2. The van der Waals surface area contributed by atoms with Crippen molar-refractivity contribution in [2.24, 2.45) is 5.16 Å².